The van der Waals surface area contributed by atoms with Gasteiger partial charge >= 0.3 is 0 Å². The van der Waals surface area contributed by atoms with Crippen LogP contribution in [-0.2, 0) is 108 Å². The number of quaternary nitrogens is 1. The van der Waals surface area contributed by atoms with E-state index in [1.54, 1.807) is 66.4 Å². The molecule has 2 saturated heterocycles. The summed E-state index contributed by atoms with van der Waals surface area (Å²) >= 11 is 0. The van der Waals surface area contributed by atoms with Gasteiger partial charge in [0, 0.05) is 120 Å². The summed E-state index contributed by atoms with van der Waals surface area (Å²) in [4.78, 5) is 184. The zero-order valence-corrected chi connectivity index (χ0v) is 66.1. The largest absolute Gasteiger partial charge is 0.497 e. The van der Waals surface area contributed by atoms with Gasteiger partial charge in [0.2, 0.25) is 47.3 Å². The minimum absolute atomic E-state index is 0.0425. The van der Waals surface area contributed by atoms with Crippen molar-refractivity contribution in [1.29, 1.82) is 0 Å². The number of ether oxygens (including phenoxy) is 2. The Hall–Kier alpha value is -9.53. The number of rotatable bonds is 13. The van der Waals surface area contributed by atoms with Gasteiger partial charge in [-0.15, -0.1) is 0 Å². The fourth-order valence-electron chi connectivity index (χ4n) is 16.3. The van der Waals surface area contributed by atoms with Crippen LogP contribution in [0.15, 0.2) is 97.2 Å². The average Bonchev–Trinajstić information content (AvgIpc) is 1.64. The van der Waals surface area contributed by atoms with Crippen molar-refractivity contribution in [3.05, 3.63) is 136 Å². The minimum Gasteiger partial charge on any atom is -0.497 e. The molecule has 6 N–H and O–H groups in total. The molecule has 6 aliphatic heterocycles. The number of carbonyl (C=O) groups excluding carboxylic acids is 12. The Balaban J connectivity index is 1.08. The van der Waals surface area contributed by atoms with Crippen LogP contribution in [0.5, 0.6) is 5.75 Å². The van der Waals surface area contributed by atoms with E-state index >= 15 is 33.2 Å². The molecule has 5 aromatic rings. The summed E-state index contributed by atoms with van der Waals surface area (Å²) in [6.45, 7) is 5.78. The maximum Gasteiger partial charge on any atom is 0.246 e. The predicted molar refractivity (Wildman–Crippen MR) is 418 cm³/mol. The van der Waals surface area contributed by atoms with Gasteiger partial charge in [0.15, 0.2) is 11.6 Å². The van der Waals surface area contributed by atoms with Gasteiger partial charge in [0.05, 0.1) is 58.6 Å². The number of nitrogens with one attached hydrogen (secondary N) is 5. The van der Waals surface area contributed by atoms with Gasteiger partial charge in [-0.1, -0.05) is 80.4 Å². The number of carbonyl (C=O) groups is 12. The number of unbranched alkanes of at least 4 members (excludes halogenated alkanes) is 2. The van der Waals surface area contributed by atoms with Gasteiger partial charge < -0.3 is 64.9 Å². The van der Waals surface area contributed by atoms with E-state index in [-0.39, 0.29) is 120 Å². The normalized spacial score (nSPS) is 25.2. The van der Waals surface area contributed by atoms with Crippen molar-refractivity contribution in [1.82, 2.24) is 45.9 Å². The molecule has 2 fully saturated rings. The van der Waals surface area contributed by atoms with Crippen molar-refractivity contribution in [2.24, 2.45) is 11.8 Å². The first-order valence-corrected chi connectivity index (χ1v) is 40.2. The number of aliphatic hydroxyl groups excluding tert-OH is 1. The van der Waals surface area contributed by atoms with E-state index in [1.807, 2.05) is 35.0 Å². The first kappa shape index (κ1) is 84.9. The summed E-state index contributed by atoms with van der Waals surface area (Å²) in [6.07, 6.45) is 3.74. The van der Waals surface area contributed by atoms with Crippen molar-refractivity contribution in [3.8, 4) is 5.75 Å². The van der Waals surface area contributed by atoms with E-state index in [9.17, 15) is 33.9 Å². The number of aryl methyl sites for hydroxylation is 2. The molecule has 6 aliphatic rings. The standard InChI is InChI=1S/C86H113FN10O15/c1-55-44-66(100)31-36-77(104)94-40-13-9-8-12-39-93-53-63(68-50-64(87)29-35-72(68)93)48-62-49-73(101)70(90-81(106)69(89-80(55)105)34-30-65(99)21-11-10-14-43-97(4,5)6)47-60-19-15-20-61(45-60)51-88-76(103)54-112-74-37-42-95(84(62)109)79(74)83(108)92-78(56(2)98)82(107)91-71(46-58-27-32-67(111-7)33-28-58)85(110)96-41-17-38-86(96,3)75(102)22-16-18-57-23-25-59(52-94)26-24-57/h15,19-20,23-29,32-33,35,45,50,53,55-56,62,69-71,74,78-79,98H,8-14,16-18,21-22,30-31,34,36-44,46-49,51-52,54H2,1-7H3,(H4-,88,89,90,91,92,103,105,106,107,108)/p+1/t55-,56-,62-,69-,70+,71+,74+,78+,79+,86+/m1/s1. The smallest absolute Gasteiger partial charge is 0.246 e. The van der Waals surface area contributed by atoms with Gasteiger partial charge in [-0.2, -0.15) is 0 Å². The third kappa shape index (κ3) is 23.1. The molecule has 112 heavy (non-hydrogen) atoms. The molecule has 8 amide bonds. The second-order valence-corrected chi connectivity index (χ2v) is 32.7. The molecule has 0 spiro atoms. The average molecular weight is 1550 g/mol. The molecule has 0 unspecified atom stereocenters. The summed E-state index contributed by atoms with van der Waals surface area (Å²) in [7, 11) is 7.77. The predicted octanol–water partition coefficient (Wildman–Crippen LogP) is 7.21. The van der Waals surface area contributed by atoms with E-state index in [4.69, 9.17) is 9.47 Å². The zero-order valence-electron chi connectivity index (χ0n) is 66.1. The van der Waals surface area contributed by atoms with Gasteiger partial charge in [-0.3, -0.25) is 57.5 Å². The fraction of sp³-hybridized carbons (Fsp3) is 0.558. The number of benzene rings is 4. The number of ketones is 4. The Labute approximate surface area is 656 Å². The van der Waals surface area contributed by atoms with Crippen molar-refractivity contribution >= 4 is 81.3 Å². The SMILES string of the molecule is COc1ccc(C[C@@H]2NC(=O)[C@H]([C@@H](C)O)NC(=O)[C@@H]3[C@@H]4CCN3C(=O)[C@H]3CC(=O)[C@H](Cc5cccc(c5)CNC(=O)CO4)NC(=O)[C@@H](CCC(=O)CCCCC[N+](C)(C)C)NC(=O)[C@H](C)CC(=O)CCC(=O)N(CCCCCCn4cc(c5cc(F)ccc54)C3)Cc3ccc(cc3)CCCC(=O)[C@]3(C)CCCN3C2=O)cc1. The van der Waals surface area contributed by atoms with Crippen LogP contribution in [0.3, 0.4) is 0 Å². The fourth-order valence-corrected chi connectivity index (χ4v) is 16.3. The molecule has 0 aliphatic carbocycles. The zero-order chi connectivity index (χ0) is 80.4. The Kier molecular flexibility index (Phi) is 29.8. The van der Waals surface area contributed by atoms with Crippen LogP contribution in [0, 0.1) is 17.7 Å². The first-order valence-electron chi connectivity index (χ1n) is 40.2. The molecule has 25 nitrogen and oxygen atoms in total. The number of hydrogen-bond donors (Lipinski definition) is 6. The number of aromatic nitrogens is 1. The van der Waals surface area contributed by atoms with Crippen molar-refractivity contribution in [3.63, 3.8) is 0 Å². The topological polar surface area (TPSA) is 318 Å². The Morgan fingerprint density at radius 2 is 1.42 bits per heavy atom. The third-order valence-electron chi connectivity index (χ3n) is 22.8. The summed E-state index contributed by atoms with van der Waals surface area (Å²) in [5.74, 6) is -9.60. The van der Waals surface area contributed by atoms with E-state index in [1.165, 1.54) is 42.9 Å². The molecule has 1 aromatic heterocycles. The van der Waals surface area contributed by atoms with Crippen LogP contribution in [0.2, 0.25) is 0 Å². The third-order valence-corrected chi connectivity index (χ3v) is 22.8. The number of fused-ring (bicyclic) bond motifs is 16. The molecule has 26 heteroatoms. The number of halogens is 1. The lowest BCUT2D eigenvalue weighted by Crippen LogP contribution is -2.62. The highest BCUT2D eigenvalue weighted by Gasteiger charge is 2.49. The summed E-state index contributed by atoms with van der Waals surface area (Å²) < 4.78 is 30.3. The maximum atomic E-state index is 16.3. The van der Waals surface area contributed by atoms with Gasteiger partial charge in [-0.05, 0) is 161 Å². The van der Waals surface area contributed by atoms with Crippen LogP contribution in [0.25, 0.3) is 10.9 Å². The van der Waals surface area contributed by atoms with Gasteiger partial charge in [-0.25, -0.2) is 4.39 Å². The molecule has 12 bridgehead atoms. The molecule has 0 saturated carbocycles. The quantitative estimate of drug-likeness (QED) is 0.0501. The summed E-state index contributed by atoms with van der Waals surface area (Å²) in [5.41, 5.74) is 3.27. The van der Waals surface area contributed by atoms with Crippen molar-refractivity contribution < 1.29 is 81.0 Å². The molecule has 11 rings (SSSR count). The second-order valence-electron chi connectivity index (χ2n) is 32.7. The number of Topliss-reactive ketones (excluding diaryl/α,β-unsaturated/α-hetero) is 4. The first-order chi connectivity index (χ1) is 53.5. The second kappa shape index (κ2) is 39.3. The molecular weight excluding hydrogens is 1430 g/mol. The van der Waals surface area contributed by atoms with E-state index < -0.39 is 126 Å². The maximum absolute atomic E-state index is 16.3. The Morgan fingerprint density at radius 3 is 2.16 bits per heavy atom. The highest BCUT2D eigenvalue weighted by Crippen LogP contribution is 2.35. The molecular formula is C86H114FN10O15+. The molecule has 7 heterocycles. The minimum atomic E-state index is -1.82. The van der Waals surface area contributed by atoms with Crippen LogP contribution >= 0.6 is 0 Å². The summed E-state index contributed by atoms with van der Waals surface area (Å²) in [5, 5.41) is 26.3. The highest BCUT2D eigenvalue weighted by atomic mass is 19.1. The molecule has 604 valence electrons. The van der Waals surface area contributed by atoms with E-state index in [2.05, 4.69) is 47.7 Å². The molecule has 4 aromatic carbocycles. The van der Waals surface area contributed by atoms with Gasteiger partial charge in [0.25, 0.3) is 0 Å². The van der Waals surface area contributed by atoms with Crippen LogP contribution in [0.1, 0.15) is 176 Å². The lowest BCUT2D eigenvalue weighted by atomic mass is 9.88. The number of amides is 8. The van der Waals surface area contributed by atoms with Crippen molar-refractivity contribution in [2.45, 2.75) is 236 Å². The van der Waals surface area contributed by atoms with Crippen molar-refractivity contribution in [2.75, 3.05) is 61.0 Å². The van der Waals surface area contributed by atoms with E-state index in [0.29, 0.717) is 110 Å². The number of methoxy groups -OCH3 is 1. The number of nitrogens with zero attached hydrogens (tertiary/aromatic N) is 5. The number of aliphatic hydroxyl groups is 1. The lowest BCUT2D eigenvalue weighted by Gasteiger charge is -2.37. The van der Waals surface area contributed by atoms with E-state index in [0.717, 1.165) is 35.0 Å². The highest BCUT2D eigenvalue weighted by molar-refractivity contribution is 6.00. The van der Waals surface area contributed by atoms with Crippen LogP contribution in [-0.4, -0.2) is 208 Å². The monoisotopic (exact) mass is 1550 g/mol. The molecule has 0 radical (unpaired) electrons. The number of hydrogen-bond acceptors (Lipinski definition) is 15. The Bertz CT molecular complexity index is 4210. The van der Waals surface area contributed by atoms with Crippen LogP contribution < -0.4 is 31.3 Å². The Morgan fingerprint density at radius 1 is 0.688 bits per heavy atom. The lowest BCUT2D eigenvalue weighted by molar-refractivity contribution is -0.870. The van der Waals surface area contributed by atoms with Gasteiger partial charge in [0.1, 0.15) is 53.9 Å². The van der Waals surface area contributed by atoms with Crippen LogP contribution in [0.4, 0.5) is 4.39 Å². The molecule has 10 atom stereocenters. The summed E-state index contributed by atoms with van der Waals surface area (Å²) in [6, 6.07) is 18.1.